The van der Waals surface area contributed by atoms with Gasteiger partial charge in [0.15, 0.2) is 0 Å². The van der Waals surface area contributed by atoms with Gasteiger partial charge in [0.05, 0.1) is 0 Å². The minimum Gasteiger partial charge on any atom is -0.205 e. The smallest absolute Gasteiger partial charge is 0.145 e. The van der Waals surface area contributed by atoms with Gasteiger partial charge < -0.3 is 0 Å². The minimum absolute atomic E-state index is 0.0822. The van der Waals surface area contributed by atoms with E-state index in [0.29, 0.717) is 5.56 Å². The van der Waals surface area contributed by atoms with Gasteiger partial charge in [-0.05, 0) is 23.6 Å². The van der Waals surface area contributed by atoms with Crippen LogP contribution in [0.1, 0.15) is 18.4 Å². The Balaban J connectivity index is 3.20. The highest BCUT2D eigenvalue weighted by atomic mass is 35.5. The predicted molar refractivity (Wildman–Crippen MR) is 50.0 cm³/mol. The maximum atomic E-state index is 12.9. The summed E-state index contributed by atoms with van der Waals surface area (Å²) in [5.74, 6) is -1.54. The molecule has 0 aliphatic carbocycles. The van der Waals surface area contributed by atoms with Crippen molar-refractivity contribution in [1.29, 1.82) is 0 Å². The Morgan fingerprint density at radius 2 is 1.85 bits per heavy atom. The lowest BCUT2D eigenvalue weighted by Crippen LogP contribution is -1.93. The van der Waals surface area contributed by atoms with Crippen molar-refractivity contribution in [3.63, 3.8) is 0 Å². The molecule has 0 spiro atoms. The molecule has 1 atom stereocenters. The highest BCUT2D eigenvalue weighted by molar-refractivity contribution is 6.30. The monoisotopic (exact) mass is 202 g/mol. The third-order valence-electron chi connectivity index (χ3n) is 1.89. The summed E-state index contributed by atoms with van der Waals surface area (Å²) in [6.07, 6.45) is 1.61. The quantitative estimate of drug-likeness (QED) is 0.504. The third-order valence-corrected chi connectivity index (χ3v) is 2.25. The molecular formula is C10H9ClF2. The molecule has 0 heterocycles. The van der Waals surface area contributed by atoms with Crippen LogP contribution >= 0.6 is 11.6 Å². The molecule has 1 unspecified atom stereocenters. The second kappa shape index (κ2) is 3.88. The van der Waals surface area contributed by atoms with Crippen molar-refractivity contribution < 1.29 is 8.78 Å². The van der Waals surface area contributed by atoms with E-state index < -0.39 is 16.7 Å². The van der Waals surface area contributed by atoms with Crippen LogP contribution in [0.3, 0.4) is 0 Å². The summed E-state index contributed by atoms with van der Waals surface area (Å²) in [6.45, 7) is 5.34. The Morgan fingerprint density at radius 1 is 1.38 bits per heavy atom. The van der Waals surface area contributed by atoms with E-state index in [-0.39, 0.29) is 5.92 Å². The zero-order chi connectivity index (χ0) is 10.0. The number of hydrogen-bond acceptors (Lipinski definition) is 0. The van der Waals surface area contributed by atoms with Gasteiger partial charge in [0.1, 0.15) is 16.7 Å². The first-order valence-electron chi connectivity index (χ1n) is 3.83. The van der Waals surface area contributed by atoms with E-state index in [0.717, 1.165) is 0 Å². The van der Waals surface area contributed by atoms with Crippen LogP contribution in [0.15, 0.2) is 24.8 Å². The largest absolute Gasteiger partial charge is 0.205 e. The van der Waals surface area contributed by atoms with Gasteiger partial charge in [-0.1, -0.05) is 24.6 Å². The standard InChI is InChI=1S/C10H9ClF2/c1-3-6(2)7-4-8(12)10(11)9(13)5-7/h3-6H,1H2,2H3. The average Bonchev–Trinajstić information content (AvgIpc) is 2.12. The van der Waals surface area contributed by atoms with E-state index in [2.05, 4.69) is 6.58 Å². The molecule has 0 nitrogen and oxygen atoms in total. The summed E-state index contributed by atoms with van der Waals surface area (Å²) in [7, 11) is 0. The second-order valence-electron chi connectivity index (χ2n) is 2.82. The Kier molecular flexibility index (Phi) is 3.04. The first kappa shape index (κ1) is 10.2. The molecule has 3 heteroatoms. The fourth-order valence-electron chi connectivity index (χ4n) is 0.974. The summed E-state index contributed by atoms with van der Waals surface area (Å²) in [6, 6.07) is 2.44. The summed E-state index contributed by atoms with van der Waals surface area (Å²) in [5.41, 5.74) is 0.536. The van der Waals surface area contributed by atoms with Gasteiger partial charge in [0.25, 0.3) is 0 Å². The van der Waals surface area contributed by atoms with Crippen LogP contribution in [0.25, 0.3) is 0 Å². The van der Waals surface area contributed by atoms with Crippen LogP contribution < -0.4 is 0 Å². The number of halogens is 3. The number of hydrogen-bond donors (Lipinski definition) is 0. The molecule has 0 amide bonds. The van der Waals surface area contributed by atoms with Crippen LogP contribution in [-0.2, 0) is 0 Å². The molecule has 0 aromatic heterocycles. The van der Waals surface area contributed by atoms with Crippen LogP contribution in [0.5, 0.6) is 0 Å². The predicted octanol–water partition coefficient (Wildman–Crippen LogP) is 3.91. The van der Waals surface area contributed by atoms with Crippen molar-refractivity contribution in [3.05, 3.63) is 47.0 Å². The van der Waals surface area contributed by atoms with Crippen molar-refractivity contribution in [2.45, 2.75) is 12.8 Å². The average molecular weight is 203 g/mol. The summed E-state index contributed by atoms with van der Waals surface area (Å²) < 4.78 is 25.9. The fourth-order valence-corrected chi connectivity index (χ4v) is 1.08. The maximum absolute atomic E-state index is 12.9. The Bertz CT molecular complexity index is 311. The third kappa shape index (κ3) is 2.07. The molecule has 1 aromatic carbocycles. The van der Waals surface area contributed by atoms with Gasteiger partial charge in [-0.3, -0.25) is 0 Å². The molecule has 0 aliphatic rings. The van der Waals surface area contributed by atoms with E-state index in [1.807, 2.05) is 0 Å². The molecule has 13 heavy (non-hydrogen) atoms. The summed E-state index contributed by atoms with van der Waals surface area (Å²) in [5, 5.41) is -0.458. The molecule has 0 bridgehead atoms. The van der Waals surface area contributed by atoms with Crippen molar-refractivity contribution in [2.75, 3.05) is 0 Å². The lowest BCUT2D eigenvalue weighted by Gasteiger charge is -2.07. The van der Waals surface area contributed by atoms with Crippen molar-refractivity contribution in [3.8, 4) is 0 Å². The topological polar surface area (TPSA) is 0 Å². The first-order chi connectivity index (χ1) is 6.06. The molecule has 0 radical (unpaired) electrons. The van der Waals surface area contributed by atoms with Gasteiger partial charge in [-0.25, -0.2) is 8.78 Å². The second-order valence-corrected chi connectivity index (χ2v) is 3.20. The molecule has 0 N–H and O–H groups in total. The van der Waals surface area contributed by atoms with Crippen molar-refractivity contribution in [1.82, 2.24) is 0 Å². The lowest BCUT2D eigenvalue weighted by molar-refractivity contribution is 0.579. The van der Waals surface area contributed by atoms with Crippen LogP contribution in [0, 0.1) is 11.6 Å². The van der Waals surface area contributed by atoms with E-state index in [4.69, 9.17) is 11.6 Å². The highest BCUT2D eigenvalue weighted by Crippen LogP contribution is 2.25. The maximum Gasteiger partial charge on any atom is 0.145 e. The minimum atomic E-state index is -0.731. The highest BCUT2D eigenvalue weighted by Gasteiger charge is 2.10. The summed E-state index contributed by atoms with van der Waals surface area (Å²) >= 11 is 5.32. The van der Waals surface area contributed by atoms with Crippen molar-refractivity contribution in [2.24, 2.45) is 0 Å². The van der Waals surface area contributed by atoms with E-state index in [9.17, 15) is 8.78 Å². The van der Waals surface area contributed by atoms with Gasteiger partial charge in [0, 0.05) is 0 Å². The van der Waals surface area contributed by atoms with E-state index in [1.165, 1.54) is 12.1 Å². The fraction of sp³-hybridized carbons (Fsp3) is 0.200. The molecule has 0 saturated carbocycles. The Hall–Kier alpha value is -0.890. The normalized spacial score (nSPS) is 12.6. The number of allylic oxidation sites excluding steroid dienone is 1. The zero-order valence-electron chi connectivity index (χ0n) is 7.15. The molecule has 1 rings (SSSR count). The first-order valence-corrected chi connectivity index (χ1v) is 4.21. The Labute approximate surface area is 80.8 Å². The molecule has 0 saturated heterocycles. The molecule has 0 fully saturated rings. The van der Waals surface area contributed by atoms with Gasteiger partial charge in [-0.2, -0.15) is 0 Å². The van der Waals surface area contributed by atoms with E-state index >= 15 is 0 Å². The molecule has 0 aliphatic heterocycles. The molecular weight excluding hydrogens is 194 g/mol. The van der Waals surface area contributed by atoms with Gasteiger partial charge >= 0.3 is 0 Å². The van der Waals surface area contributed by atoms with Gasteiger partial charge in [0.2, 0.25) is 0 Å². The number of benzene rings is 1. The van der Waals surface area contributed by atoms with Crippen molar-refractivity contribution >= 4 is 11.6 Å². The van der Waals surface area contributed by atoms with Crippen LogP contribution in [0.4, 0.5) is 8.78 Å². The van der Waals surface area contributed by atoms with Gasteiger partial charge in [-0.15, -0.1) is 6.58 Å². The van der Waals surface area contributed by atoms with Crippen LogP contribution in [-0.4, -0.2) is 0 Å². The summed E-state index contributed by atoms with van der Waals surface area (Å²) in [4.78, 5) is 0. The zero-order valence-corrected chi connectivity index (χ0v) is 7.91. The lowest BCUT2D eigenvalue weighted by atomic mass is 10.0. The molecule has 1 aromatic rings. The van der Waals surface area contributed by atoms with E-state index in [1.54, 1.807) is 13.0 Å². The number of rotatable bonds is 2. The SMILES string of the molecule is C=CC(C)c1cc(F)c(Cl)c(F)c1. The van der Waals surface area contributed by atoms with Crippen LogP contribution in [0.2, 0.25) is 5.02 Å². The molecule has 70 valence electrons. The Morgan fingerprint density at radius 3 is 2.23 bits per heavy atom.